The van der Waals surface area contributed by atoms with E-state index in [0.29, 0.717) is 25.5 Å². The van der Waals surface area contributed by atoms with Crippen LogP contribution >= 0.6 is 0 Å². The molecule has 2 aromatic rings. The SMILES string of the molecule is COc1ccc2cc(CN3CC(O)C(O)C3)c(N)nc2c1. The Kier molecular flexibility index (Phi) is 3.67. The molecule has 2 heterocycles. The number of β-amino-alcohol motifs (C(OH)–C–C–N with tert-alkyl or cyclic N) is 2. The van der Waals surface area contributed by atoms with E-state index in [1.165, 1.54) is 0 Å². The first kappa shape index (κ1) is 14.1. The molecule has 6 heteroatoms. The number of nitrogens with zero attached hydrogens (tertiary/aromatic N) is 2. The minimum Gasteiger partial charge on any atom is -0.497 e. The Labute approximate surface area is 122 Å². The summed E-state index contributed by atoms with van der Waals surface area (Å²) in [6.07, 6.45) is -1.38. The number of nitrogen functional groups attached to an aromatic ring is 1. The van der Waals surface area contributed by atoms with E-state index in [0.717, 1.165) is 22.2 Å². The number of benzene rings is 1. The average molecular weight is 289 g/mol. The maximum absolute atomic E-state index is 9.59. The summed E-state index contributed by atoms with van der Waals surface area (Å²) in [5, 5.41) is 20.2. The lowest BCUT2D eigenvalue weighted by Gasteiger charge is -2.16. The molecule has 1 aromatic heterocycles. The Balaban J connectivity index is 1.87. The fraction of sp³-hybridized carbons (Fsp3) is 0.400. The fourth-order valence-electron chi connectivity index (χ4n) is 2.68. The Morgan fingerprint density at radius 3 is 2.67 bits per heavy atom. The molecule has 1 aliphatic rings. The third kappa shape index (κ3) is 2.78. The van der Waals surface area contributed by atoms with Gasteiger partial charge in [0.25, 0.3) is 0 Å². The number of rotatable bonds is 3. The first-order valence-corrected chi connectivity index (χ1v) is 6.88. The number of likely N-dealkylation sites (tertiary alicyclic amines) is 1. The monoisotopic (exact) mass is 289 g/mol. The molecule has 21 heavy (non-hydrogen) atoms. The van der Waals surface area contributed by atoms with Crippen LogP contribution in [0.3, 0.4) is 0 Å². The second kappa shape index (κ2) is 5.48. The molecule has 0 bridgehead atoms. The molecule has 0 radical (unpaired) electrons. The van der Waals surface area contributed by atoms with Crippen molar-refractivity contribution in [2.45, 2.75) is 18.8 Å². The minimum atomic E-state index is -0.691. The summed E-state index contributed by atoms with van der Waals surface area (Å²) in [4.78, 5) is 6.38. The van der Waals surface area contributed by atoms with Crippen molar-refractivity contribution < 1.29 is 14.9 Å². The quantitative estimate of drug-likeness (QED) is 0.756. The summed E-state index contributed by atoms with van der Waals surface area (Å²) in [5.74, 6) is 1.21. The zero-order chi connectivity index (χ0) is 15.0. The van der Waals surface area contributed by atoms with Gasteiger partial charge in [0.05, 0.1) is 24.8 Å². The first-order chi connectivity index (χ1) is 10.1. The fourth-order valence-corrected chi connectivity index (χ4v) is 2.68. The van der Waals surface area contributed by atoms with Crippen LogP contribution in [-0.4, -0.2) is 52.5 Å². The normalized spacial score (nSPS) is 22.8. The number of aliphatic hydroxyl groups excluding tert-OH is 2. The van der Waals surface area contributed by atoms with Gasteiger partial charge in [-0.2, -0.15) is 0 Å². The number of pyridine rings is 1. The summed E-state index contributed by atoms with van der Waals surface area (Å²) in [5.41, 5.74) is 7.71. The molecule has 2 atom stereocenters. The van der Waals surface area contributed by atoms with E-state index >= 15 is 0 Å². The lowest BCUT2D eigenvalue weighted by molar-refractivity contribution is 0.0572. The van der Waals surface area contributed by atoms with Gasteiger partial charge in [-0.25, -0.2) is 4.98 Å². The van der Waals surface area contributed by atoms with Crippen molar-refractivity contribution >= 4 is 16.7 Å². The van der Waals surface area contributed by atoms with Crippen LogP contribution in [0.5, 0.6) is 5.75 Å². The molecule has 0 spiro atoms. The highest BCUT2D eigenvalue weighted by molar-refractivity contribution is 5.82. The third-order valence-corrected chi connectivity index (χ3v) is 3.87. The molecule has 4 N–H and O–H groups in total. The molecule has 0 aliphatic carbocycles. The summed E-state index contributed by atoms with van der Waals surface area (Å²) >= 11 is 0. The maximum atomic E-state index is 9.59. The lowest BCUT2D eigenvalue weighted by Crippen LogP contribution is -2.22. The molecule has 1 saturated heterocycles. The maximum Gasteiger partial charge on any atom is 0.128 e. The van der Waals surface area contributed by atoms with Crippen LogP contribution < -0.4 is 10.5 Å². The van der Waals surface area contributed by atoms with Crippen molar-refractivity contribution in [3.63, 3.8) is 0 Å². The van der Waals surface area contributed by atoms with Gasteiger partial charge in [-0.3, -0.25) is 4.90 Å². The van der Waals surface area contributed by atoms with Crippen molar-refractivity contribution in [2.24, 2.45) is 0 Å². The molecule has 112 valence electrons. The van der Waals surface area contributed by atoms with Gasteiger partial charge >= 0.3 is 0 Å². The van der Waals surface area contributed by atoms with Gasteiger partial charge in [0.1, 0.15) is 11.6 Å². The van der Waals surface area contributed by atoms with Crippen molar-refractivity contribution in [3.05, 3.63) is 29.8 Å². The van der Waals surface area contributed by atoms with E-state index in [1.54, 1.807) is 7.11 Å². The molecule has 1 fully saturated rings. The Morgan fingerprint density at radius 1 is 1.29 bits per heavy atom. The van der Waals surface area contributed by atoms with Crippen LogP contribution in [0.4, 0.5) is 5.82 Å². The molecular formula is C15H19N3O3. The molecule has 0 amide bonds. The summed E-state index contributed by atoms with van der Waals surface area (Å²) in [6.45, 7) is 1.46. The van der Waals surface area contributed by atoms with Crippen LogP contribution in [0.15, 0.2) is 24.3 Å². The largest absolute Gasteiger partial charge is 0.497 e. The smallest absolute Gasteiger partial charge is 0.128 e. The van der Waals surface area contributed by atoms with Crippen LogP contribution in [0.25, 0.3) is 10.9 Å². The van der Waals surface area contributed by atoms with Crippen molar-refractivity contribution in [1.82, 2.24) is 9.88 Å². The number of hydrogen-bond acceptors (Lipinski definition) is 6. The standard InChI is InChI=1S/C15H19N3O3/c1-21-11-3-2-9-4-10(15(16)17-12(9)5-11)6-18-7-13(19)14(20)8-18/h2-5,13-14,19-20H,6-8H2,1H3,(H2,16,17). The summed E-state index contributed by atoms with van der Waals surface area (Å²) < 4.78 is 5.18. The van der Waals surface area contributed by atoms with Gasteiger partial charge in [0, 0.05) is 36.7 Å². The number of ether oxygens (including phenoxy) is 1. The van der Waals surface area contributed by atoms with Crippen molar-refractivity contribution in [1.29, 1.82) is 0 Å². The topological polar surface area (TPSA) is 91.8 Å². The molecular weight excluding hydrogens is 270 g/mol. The van der Waals surface area contributed by atoms with Gasteiger partial charge in [-0.05, 0) is 18.2 Å². The van der Waals surface area contributed by atoms with E-state index in [9.17, 15) is 10.2 Å². The molecule has 3 rings (SSSR count). The second-order valence-electron chi connectivity index (χ2n) is 5.42. The highest BCUT2D eigenvalue weighted by atomic mass is 16.5. The molecule has 1 aromatic carbocycles. The number of anilines is 1. The number of nitrogens with two attached hydrogens (primary N) is 1. The zero-order valence-corrected chi connectivity index (χ0v) is 11.9. The van der Waals surface area contributed by atoms with E-state index < -0.39 is 12.2 Å². The highest BCUT2D eigenvalue weighted by Crippen LogP contribution is 2.24. The number of hydrogen-bond donors (Lipinski definition) is 3. The number of aromatic nitrogens is 1. The van der Waals surface area contributed by atoms with Gasteiger partial charge in [0.2, 0.25) is 0 Å². The summed E-state index contributed by atoms with van der Waals surface area (Å²) in [6, 6.07) is 7.66. The van der Waals surface area contributed by atoms with Crippen LogP contribution in [-0.2, 0) is 6.54 Å². The second-order valence-corrected chi connectivity index (χ2v) is 5.42. The number of fused-ring (bicyclic) bond motifs is 1. The number of methoxy groups -OCH3 is 1. The zero-order valence-electron chi connectivity index (χ0n) is 11.9. The van der Waals surface area contributed by atoms with Crippen LogP contribution in [0.2, 0.25) is 0 Å². The third-order valence-electron chi connectivity index (χ3n) is 3.87. The van der Waals surface area contributed by atoms with Gasteiger partial charge < -0.3 is 20.7 Å². The van der Waals surface area contributed by atoms with Gasteiger partial charge in [0.15, 0.2) is 0 Å². The molecule has 0 saturated carbocycles. The van der Waals surface area contributed by atoms with E-state index in [2.05, 4.69) is 4.98 Å². The predicted octanol–water partition coefficient (Wildman–Crippen LogP) is 0.363. The lowest BCUT2D eigenvalue weighted by atomic mass is 10.1. The van der Waals surface area contributed by atoms with Crippen LogP contribution in [0, 0.1) is 0 Å². The predicted molar refractivity (Wildman–Crippen MR) is 80.0 cm³/mol. The Hall–Kier alpha value is -1.89. The van der Waals surface area contributed by atoms with E-state index in [-0.39, 0.29) is 0 Å². The van der Waals surface area contributed by atoms with Gasteiger partial charge in [-0.15, -0.1) is 0 Å². The summed E-state index contributed by atoms with van der Waals surface area (Å²) in [7, 11) is 1.61. The van der Waals surface area contributed by atoms with Crippen LogP contribution in [0.1, 0.15) is 5.56 Å². The highest BCUT2D eigenvalue weighted by Gasteiger charge is 2.29. The molecule has 1 aliphatic heterocycles. The van der Waals surface area contributed by atoms with Crippen molar-refractivity contribution in [2.75, 3.05) is 25.9 Å². The minimum absolute atomic E-state index is 0.446. The number of aliphatic hydroxyl groups is 2. The molecule has 2 unspecified atom stereocenters. The van der Waals surface area contributed by atoms with E-state index in [4.69, 9.17) is 10.5 Å². The first-order valence-electron chi connectivity index (χ1n) is 6.88. The molecule has 6 nitrogen and oxygen atoms in total. The van der Waals surface area contributed by atoms with Crippen molar-refractivity contribution in [3.8, 4) is 5.75 Å². The average Bonchev–Trinajstić information content (AvgIpc) is 2.77. The van der Waals surface area contributed by atoms with Gasteiger partial charge in [-0.1, -0.05) is 0 Å². The Bertz CT molecular complexity index is 652. The Morgan fingerprint density at radius 2 is 2.00 bits per heavy atom. The van der Waals surface area contributed by atoms with E-state index in [1.807, 2.05) is 29.2 Å².